The summed E-state index contributed by atoms with van der Waals surface area (Å²) in [4.78, 5) is 36.2. The zero-order chi connectivity index (χ0) is 15.2. The summed E-state index contributed by atoms with van der Waals surface area (Å²) >= 11 is 0. The topological polar surface area (TPSA) is 66.5 Å². The highest BCUT2D eigenvalue weighted by molar-refractivity contribution is 6.04. The van der Waals surface area contributed by atoms with Gasteiger partial charge in [0.25, 0.3) is 0 Å². The van der Waals surface area contributed by atoms with Gasteiger partial charge < -0.3 is 5.32 Å². The molecule has 5 nitrogen and oxygen atoms in total. The van der Waals surface area contributed by atoms with Crippen LogP contribution in [-0.4, -0.2) is 29.2 Å². The molecule has 112 valence electrons. The van der Waals surface area contributed by atoms with Crippen molar-refractivity contribution in [1.29, 1.82) is 0 Å². The molecular weight excluding hydrogens is 268 g/mol. The highest BCUT2D eigenvalue weighted by Gasteiger charge is 2.30. The fraction of sp³-hybridized carbons (Fsp3) is 0.438. The zero-order valence-corrected chi connectivity index (χ0v) is 12.2. The predicted octanol–water partition coefficient (Wildman–Crippen LogP) is 1.79. The van der Waals surface area contributed by atoms with Crippen molar-refractivity contribution in [2.45, 2.75) is 38.6 Å². The highest BCUT2D eigenvalue weighted by Crippen LogP contribution is 2.18. The van der Waals surface area contributed by atoms with Gasteiger partial charge in [0.05, 0.1) is 6.04 Å². The lowest BCUT2D eigenvalue weighted by Crippen LogP contribution is -2.41. The lowest BCUT2D eigenvalue weighted by Gasteiger charge is -2.20. The van der Waals surface area contributed by atoms with Crippen LogP contribution in [-0.2, 0) is 14.4 Å². The van der Waals surface area contributed by atoms with Crippen LogP contribution in [0.3, 0.4) is 0 Å². The predicted molar refractivity (Wildman–Crippen MR) is 78.2 cm³/mol. The normalized spacial score (nSPS) is 16.1. The van der Waals surface area contributed by atoms with E-state index < -0.39 is 0 Å². The van der Waals surface area contributed by atoms with Crippen molar-refractivity contribution in [2.75, 3.05) is 6.54 Å². The van der Waals surface area contributed by atoms with Gasteiger partial charge in [-0.3, -0.25) is 19.3 Å². The Kier molecular flexibility index (Phi) is 5.09. The van der Waals surface area contributed by atoms with Gasteiger partial charge in [-0.05, 0) is 12.0 Å². The van der Waals surface area contributed by atoms with E-state index in [1.807, 2.05) is 30.3 Å². The summed E-state index contributed by atoms with van der Waals surface area (Å²) in [5.74, 6) is -0.815. The number of nitrogens with one attached hydrogen (secondary N) is 1. The summed E-state index contributed by atoms with van der Waals surface area (Å²) in [6.45, 7) is 1.88. The van der Waals surface area contributed by atoms with Crippen LogP contribution < -0.4 is 5.32 Å². The van der Waals surface area contributed by atoms with Gasteiger partial charge in [-0.25, -0.2) is 0 Å². The van der Waals surface area contributed by atoms with E-state index in [9.17, 15) is 14.4 Å². The van der Waals surface area contributed by atoms with E-state index in [2.05, 4.69) is 12.2 Å². The molecule has 1 heterocycles. The lowest BCUT2D eigenvalue weighted by atomic mass is 10.0. The maximum atomic E-state index is 12.1. The number of likely N-dealkylation sites (tertiary alicyclic amines) is 1. The van der Waals surface area contributed by atoms with Crippen LogP contribution in [0.4, 0.5) is 0 Å². The molecule has 1 atom stereocenters. The third kappa shape index (κ3) is 3.90. The van der Waals surface area contributed by atoms with Crippen molar-refractivity contribution in [1.82, 2.24) is 10.2 Å². The Labute approximate surface area is 124 Å². The Morgan fingerprint density at radius 2 is 1.81 bits per heavy atom. The molecule has 0 aliphatic carbocycles. The monoisotopic (exact) mass is 288 g/mol. The first-order valence-corrected chi connectivity index (χ1v) is 7.29. The number of imide groups is 1. The van der Waals surface area contributed by atoms with E-state index in [1.165, 1.54) is 0 Å². The molecule has 1 N–H and O–H groups in total. The second kappa shape index (κ2) is 7.02. The summed E-state index contributed by atoms with van der Waals surface area (Å²) in [6.07, 6.45) is 2.17. The van der Waals surface area contributed by atoms with Gasteiger partial charge in [-0.2, -0.15) is 0 Å². The molecule has 1 saturated heterocycles. The van der Waals surface area contributed by atoms with Crippen LogP contribution in [0, 0.1) is 0 Å². The second-order valence-electron chi connectivity index (χ2n) is 5.19. The number of nitrogens with zero attached hydrogens (tertiary/aromatic N) is 1. The number of carbonyl (C=O) groups is 3. The smallest absolute Gasteiger partial charge is 0.240 e. The van der Waals surface area contributed by atoms with E-state index in [-0.39, 0.29) is 43.1 Å². The van der Waals surface area contributed by atoms with E-state index in [0.29, 0.717) is 0 Å². The second-order valence-corrected chi connectivity index (χ2v) is 5.19. The Morgan fingerprint density at radius 3 is 2.38 bits per heavy atom. The van der Waals surface area contributed by atoms with E-state index >= 15 is 0 Å². The highest BCUT2D eigenvalue weighted by atomic mass is 16.2. The molecule has 0 bridgehead atoms. The average molecular weight is 288 g/mol. The Balaban J connectivity index is 1.98. The van der Waals surface area contributed by atoms with Gasteiger partial charge >= 0.3 is 0 Å². The van der Waals surface area contributed by atoms with Gasteiger partial charge in [-0.1, -0.05) is 43.7 Å². The number of amides is 3. The minimum Gasteiger partial charge on any atom is -0.348 e. The number of carbonyl (C=O) groups excluding carboxylic acids is 3. The summed E-state index contributed by atoms with van der Waals surface area (Å²) in [6, 6.07) is 9.63. The molecule has 0 unspecified atom stereocenters. The summed E-state index contributed by atoms with van der Waals surface area (Å²) < 4.78 is 0. The van der Waals surface area contributed by atoms with Crippen molar-refractivity contribution in [3.63, 3.8) is 0 Å². The molecule has 0 spiro atoms. The van der Waals surface area contributed by atoms with Crippen LogP contribution in [0.1, 0.15) is 44.2 Å². The largest absolute Gasteiger partial charge is 0.348 e. The minimum atomic E-state index is -0.291. The first kappa shape index (κ1) is 15.2. The van der Waals surface area contributed by atoms with Crippen LogP contribution in [0.5, 0.6) is 0 Å². The van der Waals surface area contributed by atoms with Crippen LogP contribution in [0.15, 0.2) is 30.3 Å². The molecule has 1 fully saturated rings. The fourth-order valence-electron chi connectivity index (χ4n) is 2.48. The maximum Gasteiger partial charge on any atom is 0.240 e. The van der Waals surface area contributed by atoms with E-state index in [4.69, 9.17) is 0 Å². The van der Waals surface area contributed by atoms with Gasteiger partial charge in [0.15, 0.2) is 0 Å². The summed E-state index contributed by atoms with van der Waals surface area (Å²) in [5, 5.41) is 2.92. The standard InChI is InChI=1S/C16H20N2O3/c1-2-6-13(12-7-4-3-5-8-12)17-14(19)11-18-15(20)9-10-16(18)21/h3-5,7-8,13H,2,6,9-11H2,1H3,(H,17,19)/t13-/m0/s1. The number of hydrogen-bond donors (Lipinski definition) is 1. The molecule has 1 aliphatic rings. The van der Waals surface area contributed by atoms with Crippen molar-refractivity contribution in [3.8, 4) is 0 Å². The Bertz CT molecular complexity index is 512. The van der Waals surface area contributed by atoms with Gasteiger partial charge in [0.2, 0.25) is 17.7 Å². The SMILES string of the molecule is CCC[C@H](NC(=O)CN1C(=O)CCC1=O)c1ccccc1. The minimum absolute atomic E-state index is 0.0866. The van der Waals surface area contributed by atoms with E-state index in [1.54, 1.807) is 0 Å². The molecule has 0 saturated carbocycles. The Morgan fingerprint density at radius 1 is 1.19 bits per heavy atom. The molecule has 3 amide bonds. The third-order valence-electron chi connectivity index (χ3n) is 3.57. The van der Waals surface area contributed by atoms with Crippen LogP contribution in [0.25, 0.3) is 0 Å². The molecular formula is C16H20N2O3. The van der Waals surface area contributed by atoms with Crippen molar-refractivity contribution in [2.24, 2.45) is 0 Å². The van der Waals surface area contributed by atoms with Crippen molar-refractivity contribution < 1.29 is 14.4 Å². The molecule has 2 rings (SSSR count). The number of benzene rings is 1. The van der Waals surface area contributed by atoms with E-state index in [0.717, 1.165) is 23.3 Å². The van der Waals surface area contributed by atoms with Crippen LogP contribution >= 0.6 is 0 Å². The van der Waals surface area contributed by atoms with Crippen LogP contribution in [0.2, 0.25) is 0 Å². The average Bonchev–Trinajstić information content (AvgIpc) is 2.79. The quantitative estimate of drug-likeness (QED) is 0.812. The molecule has 0 aromatic heterocycles. The fourth-order valence-corrected chi connectivity index (χ4v) is 2.48. The molecule has 0 radical (unpaired) electrons. The van der Waals surface area contributed by atoms with Crippen molar-refractivity contribution >= 4 is 17.7 Å². The third-order valence-corrected chi connectivity index (χ3v) is 3.57. The summed E-state index contributed by atoms with van der Waals surface area (Å²) in [7, 11) is 0. The number of rotatable bonds is 6. The maximum absolute atomic E-state index is 12.1. The first-order chi connectivity index (χ1) is 10.1. The Hall–Kier alpha value is -2.17. The molecule has 1 aromatic carbocycles. The molecule has 1 aliphatic heterocycles. The molecule has 5 heteroatoms. The first-order valence-electron chi connectivity index (χ1n) is 7.29. The zero-order valence-electron chi connectivity index (χ0n) is 12.2. The summed E-state index contributed by atoms with van der Waals surface area (Å²) in [5.41, 5.74) is 1.03. The number of hydrogen-bond acceptors (Lipinski definition) is 3. The van der Waals surface area contributed by atoms with Crippen molar-refractivity contribution in [3.05, 3.63) is 35.9 Å². The van der Waals surface area contributed by atoms with Gasteiger partial charge in [0.1, 0.15) is 6.54 Å². The lowest BCUT2D eigenvalue weighted by molar-refractivity contribution is -0.142. The van der Waals surface area contributed by atoms with Gasteiger partial charge in [-0.15, -0.1) is 0 Å². The molecule has 1 aromatic rings. The molecule has 21 heavy (non-hydrogen) atoms. The van der Waals surface area contributed by atoms with Gasteiger partial charge in [0, 0.05) is 12.8 Å².